The van der Waals surface area contributed by atoms with Gasteiger partial charge in [0.25, 0.3) is 0 Å². The molecule has 0 N–H and O–H groups in total. The Bertz CT molecular complexity index is 437. The lowest BCUT2D eigenvalue weighted by molar-refractivity contribution is 0.562. The molecule has 0 heterocycles. The number of benzene rings is 1. The Morgan fingerprint density at radius 3 is 1.72 bits per heavy atom. The summed E-state index contributed by atoms with van der Waals surface area (Å²) in [4.78, 5) is 13.9. The quantitative estimate of drug-likeness (QED) is 0.569. The van der Waals surface area contributed by atoms with Gasteiger partial charge in [-0.1, -0.05) is 59.7 Å². The second-order valence-corrected chi connectivity index (χ2v) is 6.83. The molecule has 0 atom stereocenters. The van der Waals surface area contributed by atoms with E-state index >= 15 is 0 Å². The zero-order valence-corrected chi connectivity index (χ0v) is 12.3. The predicted molar refractivity (Wildman–Crippen MR) is 75.7 cm³/mol. The Morgan fingerprint density at radius 2 is 1.39 bits per heavy atom. The Kier molecular flexibility index (Phi) is 4.13. The molecule has 2 nitrogen and oxygen atoms in total. The summed E-state index contributed by atoms with van der Waals surface area (Å²) in [5, 5.41) is 0. The van der Waals surface area contributed by atoms with Gasteiger partial charge in [0.15, 0.2) is 0 Å². The van der Waals surface area contributed by atoms with Crippen LogP contribution in [0.1, 0.15) is 58.2 Å². The summed E-state index contributed by atoms with van der Waals surface area (Å²) in [6.45, 7) is 13.6. The van der Waals surface area contributed by atoms with Gasteiger partial charge < -0.3 is 0 Å². The first-order valence-corrected chi connectivity index (χ1v) is 6.33. The van der Waals surface area contributed by atoms with E-state index in [1.54, 1.807) is 6.08 Å². The van der Waals surface area contributed by atoms with Crippen molar-refractivity contribution in [2.24, 2.45) is 4.99 Å². The fourth-order valence-electron chi connectivity index (χ4n) is 1.77. The van der Waals surface area contributed by atoms with Crippen molar-refractivity contribution in [1.29, 1.82) is 0 Å². The smallest absolute Gasteiger partial charge is 0.211 e. The van der Waals surface area contributed by atoms with E-state index in [1.165, 1.54) is 11.1 Å². The first-order valence-electron chi connectivity index (χ1n) is 6.33. The molecule has 0 bridgehead atoms. The molecule has 18 heavy (non-hydrogen) atoms. The number of aliphatic imine (C=N–C) groups is 1. The zero-order valence-electron chi connectivity index (χ0n) is 12.3. The number of isocyanates is 1. The average molecular weight is 245 g/mol. The Morgan fingerprint density at radius 1 is 0.944 bits per heavy atom. The minimum atomic E-state index is 0.0981. The highest BCUT2D eigenvalue weighted by Crippen LogP contribution is 2.30. The molecule has 1 aromatic carbocycles. The first kappa shape index (κ1) is 14.7. The first-order chi connectivity index (χ1) is 8.14. The van der Waals surface area contributed by atoms with E-state index in [2.05, 4.69) is 64.7 Å². The monoisotopic (exact) mass is 245 g/mol. The van der Waals surface area contributed by atoms with E-state index in [-0.39, 0.29) is 10.8 Å². The standard InChI is InChI=1S/C16H23NO/c1-15(2,3)13-7-12(10-17-11-18)8-14(9-13)16(4,5)6/h7-9H,10H2,1-6H3. The van der Waals surface area contributed by atoms with Crippen LogP contribution in [0.25, 0.3) is 0 Å². The minimum absolute atomic E-state index is 0.0981. The summed E-state index contributed by atoms with van der Waals surface area (Å²) in [5.74, 6) is 0. The van der Waals surface area contributed by atoms with E-state index < -0.39 is 0 Å². The van der Waals surface area contributed by atoms with Crippen LogP contribution in [0, 0.1) is 0 Å². The van der Waals surface area contributed by atoms with Gasteiger partial charge in [0.05, 0.1) is 6.54 Å². The second-order valence-electron chi connectivity index (χ2n) is 6.83. The third-order valence-corrected chi connectivity index (χ3v) is 3.05. The molecule has 0 radical (unpaired) electrons. The topological polar surface area (TPSA) is 29.4 Å². The molecular weight excluding hydrogens is 222 g/mol. The van der Waals surface area contributed by atoms with Crippen molar-refractivity contribution in [3.05, 3.63) is 34.9 Å². The van der Waals surface area contributed by atoms with E-state index in [0.29, 0.717) is 6.54 Å². The minimum Gasteiger partial charge on any atom is -0.211 e. The molecule has 0 aromatic heterocycles. The van der Waals surface area contributed by atoms with Crippen LogP contribution >= 0.6 is 0 Å². The lowest BCUT2D eigenvalue weighted by atomic mass is 9.79. The molecule has 0 aliphatic carbocycles. The molecule has 0 aliphatic rings. The van der Waals surface area contributed by atoms with Crippen LogP contribution in [-0.2, 0) is 22.2 Å². The number of carbonyl (C=O) groups excluding carboxylic acids is 1. The lowest BCUT2D eigenvalue weighted by Gasteiger charge is -2.26. The lowest BCUT2D eigenvalue weighted by Crippen LogP contribution is -2.17. The molecular formula is C16H23NO. The van der Waals surface area contributed by atoms with Crippen molar-refractivity contribution in [2.75, 3.05) is 0 Å². The van der Waals surface area contributed by atoms with Crippen molar-refractivity contribution >= 4 is 6.08 Å². The molecule has 0 aliphatic heterocycles. The van der Waals surface area contributed by atoms with Crippen molar-refractivity contribution in [2.45, 2.75) is 58.9 Å². The second kappa shape index (κ2) is 5.07. The summed E-state index contributed by atoms with van der Waals surface area (Å²) in [6, 6.07) is 6.53. The van der Waals surface area contributed by atoms with Crippen LogP contribution in [0.5, 0.6) is 0 Å². The molecule has 0 fully saturated rings. The normalized spacial score (nSPS) is 12.1. The molecule has 98 valence electrons. The Hall–Kier alpha value is -1.40. The van der Waals surface area contributed by atoms with Gasteiger partial charge in [0.1, 0.15) is 0 Å². The van der Waals surface area contributed by atoms with Crippen LogP contribution in [0.4, 0.5) is 0 Å². The summed E-state index contributed by atoms with van der Waals surface area (Å²) >= 11 is 0. The number of nitrogens with zero attached hydrogens (tertiary/aromatic N) is 1. The van der Waals surface area contributed by atoms with Gasteiger partial charge in [0, 0.05) is 0 Å². The van der Waals surface area contributed by atoms with E-state index in [1.807, 2.05) is 0 Å². The summed E-state index contributed by atoms with van der Waals surface area (Å²) in [7, 11) is 0. The highest BCUT2D eigenvalue weighted by Gasteiger charge is 2.20. The summed E-state index contributed by atoms with van der Waals surface area (Å²) in [5.41, 5.74) is 3.84. The van der Waals surface area contributed by atoms with Crippen molar-refractivity contribution in [3.8, 4) is 0 Å². The van der Waals surface area contributed by atoms with Crippen molar-refractivity contribution in [1.82, 2.24) is 0 Å². The maximum absolute atomic E-state index is 10.3. The Labute approximate surface area is 110 Å². The molecule has 1 aromatic rings. The van der Waals surface area contributed by atoms with Crippen molar-refractivity contribution < 1.29 is 4.79 Å². The zero-order chi connectivity index (χ0) is 14.0. The predicted octanol–water partition coefficient (Wildman–Crippen LogP) is 4.12. The number of hydrogen-bond acceptors (Lipinski definition) is 2. The maximum atomic E-state index is 10.3. The Balaban J connectivity index is 3.33. The van der Waals surface area contributed by atoms with Crippen LogP contribution in [0.3, 0.4) is 0 Å². The van der Waals surface area contributed by atoms with Gasteiger partial charge in [-0.05, 0) is 27.5 Å². The number of hydrogen-bond donors (Lipinski definition) is 0. The van der Waals surface area contributed by atoms with Gasteiger partial charge >= 0.3 is 0 Å². The van der Waals surface area contributed by atoms with Gasteiger partial charge in [-0.2, -0.15) is 0 Å². The van der Waals surface area contributed by atoms with Crippen LogP contribution in [0.15, 0.2) is 23.2 Å². The van der Waals surface area contributed by atoms with Crippen molar-refractivity contribution in [3.63, 3.8) is 0 Å². The average Bonchev–Trinajstić information content (AvgIpc) is 2.23. The molecule has 2 heteroatoms. The third-order valence-electron chi connectivity index (χ3n) is 3.05. The van der Waals surface area contributed by atoms with Crippen LogP contribution in [0.2, 0.25) is 0 Å². The van der Waals surface area contributed by atoms with E-state index in [0.717, 1.165) is 5.56 Å². The molecule has 0 unspecified atom stereocenters. The van der Waals surface area contributed by atoms with Gasteiger partial charge in [0.2, 0.25) is 6.08 Å². The fraction of sp³-hybridized carbons (Fsp3) is 0.562. The van der Waals surface area contributed by atoms with E-state index in [4.69, 9.17) is 0 Å². The molecule has 0 spiro atoms. The van der Waals surface area contributed by atoms with Crippen LogP contribution in [-0.4, -0.2) is 6.08 Å². The molecule has 0 saturated heterocycles. The van der Waals surface area contributed by atoms with Gasteiger partial charge in [-0.25, -0.2) is 9.79 Å². The largest absolute Gasteiger partial charge is 0.235 e. The fourth-order valence-corrected chi connectivity index (χ4v) is 1.77. The molecule has 0 amide bonds. The molecule has 0 saturated carbocycles. The highest BCUT2D eigenvalue weighted by molar-refractivity contribution is 5.39. The molecule has 1 rings (SSSR count). The van der Waals surface area contributed by atoms with E-state index in [9.17, 15) is 4.79 Å². The summed E-state index contributed by atoms with van der Waals surface area (Å²) in [6.07, 6.45) is 1.61. The van der Waals surface area contributed by atoms with Gasteiger partial charge in [-0.15, -0.1) is 0 Å². The highest BCUT2D eigenvalue weighted by atomic mass is 16.1. The number of rotatable bonds is 2. The SMILES string of the molecule is CC(C)(C)c1cc(CN=C=O)cc(C(C)(C)C)c1. The third kappa shape index (κ3) is 3.82. The summed E-state index contributed by atoms with van der Waals surface area (Å²) < 4.78 is 0. The van der Waals surface area contributed by atoms with Crippen LogP contribution < -0.4 is 0 Å². The maximum Gasteiger partial charge on any atom is 0.235 e. The van der Waals surface area contributed by atoms with Gasteiger partial charge in [-0.3, -0.25) is 0 Å².